The predicted octanol–water partition coefficient (Wildman–Crippen LogP) is -0.845. The summed E-state index contributed by atoms with van der Waals surface area (Å²) in [4.78, 5) is 52.1. The number of H-pyrrole nitrogens is 1. The Morgan fingerprint density at radius 1 is 1.03 bits per heavy atom. The van der Waals surface area contributed by atoms with Crippen LogP contribution in [0.3, 0.4) is 0 Å². The molecule has 0 aliphatic rings. The van der Waals surface area contributed by atoms with Crippen molar-refractivity contribution in [1.29, 1.82) is 0 Å². The van der Waals surface area contributed by atoms with Gasteiger partial charge >= 0.3 is 5.97 Å². The molecule has 0 bridgehead atoms. The fraction of sp³-hybridized carbons (Fsp3) is 0.455. The van der Waals surface area contributed by atoms with Crippen molar-refractivity contribution >= 4 is 47.2 Å². The predicted molar refractivity (Wildman–Crippen MR) is 129 cm³/mol. The summed E-state index contributed by atoms with van der Waals surface area (Å²) in [5, 5.41) is 26.2. The van der Waals surface area contributed by atoms with Crippen LogP contribution in [0.15, 0.2) is 30.5 Å². The zero-order chi connectivity index (χ0) is 25.4. The molecule has 0 radical (unpaired) electrons. The minimum atomic E-state index is -1.52. The Morgan fingerprint density at radius 3 is 2.26 bits per heavy atom. The summed E-state index contributed by atoms with van der Waals surface area (Å²) < 4.78 is 0. The van der Waals surface area contributed by atoms with E-state index in [0.717, 1.165) is 16.5 Å². The smallest absolute Gasteiger partial charge is 0.328 e. The van der Waals surface area contributed by atoms with Crippen molar-refractivity contribution in [3.63, 3.8) is 0 Å². The highest BCUT2D eigenvalue weighted by Gasteiger charge is 2.31. The van der Waals surface area contributed by atoms with Crippen LogP contribution in [0.1, 0.15) is 19.4 Å². The zero-order valence-corrected chi connectivity index (χ0v) is 19.8. The second-order valence-corrected chi connectivity index (χ2v) is 8.59. The van der Waals surface area contributed by atoms with E-state index in [9.17, 15) is 19.2 Å². The zero-order valence-electron chi connectivity index (χ0n) is 18.9. The average molecular weight is 494 g/mol. The van der Waals surface area contributed by atoms with E-state index in [1.165, 1.54) is 0 Å². The molecule has 0 aliphatic carbocycles. The molecule has 1 aromatic heterocycles. The number of carbonyl (C=O) groups is 4. The molecule has 8 N–H and O–H groups in total. The van der Waals surface area contributed by atoms with E-state index in [-0.39, 0.29) is 18.1 Å². The highest BCUT2D eigenvalue weighted by Crippen LogP contribution is 2.19. The lowest BCUT2D eigenvalue weighted by Gasteiger charge is -2.26. The summed E-state index contributed by atoms with van der Waals surface area (Å²) in [7, 11) is 0. The number of benzene rings is 1. The summed E-state index contributed by atoms with van der Waals surface area (Å²) in [6.45, 7) is 2.63. The van der Waals surface area contributed by atoms with E-state index in [1.54, 1.807) is 20.0 Å². The molecule has 4 unspecified atom stereocenters. The second-order valence-electron chi connectivity index (χ2n) is 8.23. The summed E-state index contributed by atoms with van der Waals surface area (Å²) in [6.07, 6.45) is 2.04. The maximum atomic E-state index is 12.8. The third-order valence-corrected chi connectivity index (χ3v) is 5.68. The number of amides is 3. The quantitative estimate of drug-likeness (QED) is 0.177. The Hall–Kier alpha value is -3.09. The van der Waals surface area contributed by atoms with E-state index in [4.69, 9.17) is 15.9 Å². The molecular weight excluding hydrogens is 462 g/mol. The molecule has 1 heterocycles. The van der Waals surface area contributed by atoms with Gasteiger partial charge in [-0.1, -0.05) is 32.0 Å². The number of thiol groups is 1. The molecule has 0 saturated carbocycles. The minimum Gasteiger partial charge on any atom is -0.480 e. The maximum Gasteiger partial charge on any atom is 0.328 e. The van der Waals surface area contributed by atoms with E-state index in [1.807, 2.05) is 24.3 Å². The fourth-order valence-corrected chi connectivity index (χ4v) is 3.60. The summed E-state index contributed by atoms with van der Waals surface area (Å²) in [6, 6.07) is 3.00. The van der Waals surface area contributed by atoms with Crippen LogP contribution in [-0.4, -0.2) is 75.4 Å². The van der Waals surface area contributed by atoms with Crippen molar-refractivity contribution in [2.24, 2.45) is 11.7 Å². The van der Waals surface area contributed by atoms with Gasteiger partial charge in [-0.2, -0.15) is 12.6 Å². The van der Waals surface area contributed by atoms with Gasteiger partial charge in [-0.3, -0.25) is 14.4 Å². The molecule has 4 atom stereocenters. The van der Waals surface area contributed by atoms with Crippen LogP contribution >= 0.6 is 12.6 Å². The molecule has 12 heteroatoms. The molecule has 2 aromatic rings. The van der Waals surface area contributed by atoms with Crippen molar-refractivity contribution in [2.45, 2.75) is 44.4 Å². The van der Waals surface area contributed by atoms with Gasteiger partial charge in [0.05, 0.1) is 12.6 Å². The van der Waals surface area contributed by atoms with Gasteiger partial charge in [-0.15, -0.1) is 0 Å². The second kappa shape index (κ2) is 12.4. The number of aromatic amines is 1. The first-order valence-electron chi connectivity index (χ1n) is 10.7. The molecule has 0 spiro atoms. The third-order valence-electron chi connectivity index (χ3n) is 5.31. The van der Waals surface area contributed by atoms with Crippen LogP contribution in [0, 0.1) is 5.92 Å². The molecule has 0 saturated heterocycles. The lowest BCUT2D eigenvalue weighted by Crippen LogP contribution is -2.59. The number of carboxylic acids is 1. The van der Waals surface area contributed by atoms with Crippen LogP contribution in [-0.2, 0) is 25.6 Å². The van der Waals surface area contributed by atoms with Crippen LogP contribution in [0.25, 0.3) is 10.9 Å². The van der Waals surface area contributed by atoms with E-state index >= 15 is 0 Å². The first-order valence-corrected chi connectivity index (χ1v) is 11.4. The number of aliphatic carboxylic acids is 1. The van der Waals surface area contributed by atoms with Gasteiger partial charge in [-0.25, -0.2) is 4.79 Å². The van der Waals surface area contributed by atoms with Gasteiger partial charge in [0.2, 0.25) is 17.7 Å². The van der Waals surface area contributed by atoms with Gasteiger partial charge in [0.15, 0.2) is 0 Å². The molecule has 34 heavy (non-hydrogen) atoms. The van der Waals surface area contributed by atoms with E-state index in [2.05, 4.69) is 33.6 Å². The number of rotatable bonds is 12. The van der Waals surface area contributed by atoms with Crippen molar-refractivity contribution in [3.05, 3.63) is 36.0 Å². The first kappa shape index (κ1) is 27.2. The van der Waals surface area contributed by atoms with Crippen molar-refractivity contribution < 1.29 is 29.4 Å². The van der Waals surface area contributed by atoms with Crippen molar-refractivity contribution in [2.75, 3.05) is 12.4 Å². The molecule has 2 rings (SSSR count). The number of nitrogens with one attached hydrogen (secondary N) is 4. The van der Waals surface area contributed by atoms with Crippen molar-refractivity contribution in [3.8, 4) is 0 Å². The highest BCUT2D eigenvalue weighted by atomic mass is 32.1. The van der Waals surface area contributed by atoms with Gasteiger partial charge in [0.25, 0.3) is 0 Å². The summed E-state index contributed by atoms with van der Waals surface area (Å²) >= 11 is 4.04. The lowest BCUT2D eigenvalue weighted by atomic mass is 10.0. The number of carboxylic acid groups (broad SMARTS) is 1. The molecule has 3 amide bonds. The number of aromatic nitrogens is 1. The SMILES string of the molecule is CC(C)C(NC(=O)C(N)Cc1c[nH]c2ccccc12)C(=O)NC(CS)C(=O)NC(CO)C(=O)O. The number of aliphatic hydroxyl groups excluding tert-OH is 1. The van der Waals surface area contributed by atoms with Gasteiger partial charge in [0.1, 0.15) is 18.1 Å². The van der Waals surface area contributed by atoms with Crippen LogP contribution in [0.2, 0.25) is 0 Å². The number of hydrogen-bond acceptors (Lipinski definition) is 7. The lowest BCUT2D eigenvalue weighted by molar-refractivity contribution is -0.143. The highest BCUT2D eigenvalue weighted by molar-refractivity contribution is 7.80. The van der Waals surface area contributed by atoms with Crippen LogP contribution < -0.4 is 21.7 Å². The number of carbonyl (C=O) groups excluding carboxylic acids is 3. The number of nitrogens with two attached hydrogens (primary N) is 1. The average Bonchev–Trinajstić information content (AvgIpc) is 3.21. The molecule has 0 fully saturated rings. The number of para-hydroxylation sites is 1. The molecular formula is C22H31N5O6S. The van der Waals surface area contributed by atoms with Gasteiger partial charge in [-0.05, 0) is 24.0 Å². The Kier molecular flexibility index (Phi) is 9.90. The maximum absolute atomic E-state index is 12.8. The van der Waals surface area contributed by atoms with Crippen LogP contribution in [0.5, 0.6) is 0 Å². The van der Waals surface area contributed by atoms with Crippen LogP contribution in [0.4, 0.5) is 0 Å². The third kappa shape index (κ3) is 6.95. The minimum absolute atomic E-state index is 0.131. The normalized spacial score (nSPS) is 14.8. The van der Waals surface area contributed by atoms with Gasteiger partial charge in [0, 0.05) is 22.9 Å². The fourth-order valence-electron chi connectivity index (χ4n) is 3.34. The standard InChI is InChI=1S/C22H31N5O6S/c1-11(2)18(21(31)26-17(10-34)20(30)25-16(9-28)22(32)33)27-19(29)14(23)7-12-8-24-15-6-4-3-5-13(12)15/h3-6,8,11,14,16-18,24,28,34H,7,9-10,23H2,1-2H3,(H,25,30)(H,26,31)(H,27,29)(H,32,33). The Bertz CT molecular complexity index is 1030. The Balaban J connectivity index is 2.03. The monoisotopic (exact) mass is 493 g/mol. The van der Waals surface area contributed by atoms with Gasteiger partial charge < -0.3 is 36.9 Å². The topological polar surface area (TPSA) is 187 Å². The molecule has 0 aliphatic heterocycles. The van der Waals surface area contributed by atoms with Crippen molar-refractivity contribution in [1.82, 2.24) is 20.9 Å². The number of aliphatic hydroxyl groups is 1. The Labute approximate surface area is 202 Å². The van der Waals surface area contributed by atoms with E-state index in [0.29, 0.717) is 0 Å². The first-order chi connectivity index (χ1) is 16.1. The number of hydrogen-bond donors (Lipinski definition) is 8. The summed E-state index contributed by atoms with van der Waals surface area (Å²) in [5.41, 5.74) is 7.90. The largest absolute Gasteiger partial charge is 0.480 e. The molecule has 11 nitrogen and oxygen atoms in total. The Morgan fingerprint density at radius 2 is 1.68 bits per heavy atom. The summed E-state index contributed by atoms with van der Waals surface area (Å²) in [5.74, 6) is -3.89. The number of fused-ring (bicyclic) bond motifs is 1. The molecule has 186 valence electrons. The van der Waals surface area contributed by atoms with E-state index < -0.39 is 54.5 Å². The molecule has 1 aromatic carbocycles.